The van der Waals surface area contributed by atoms with Crippen LogP contribution in [0.15, 0.2) is 58.9 Å². The molecule has 6 nitrogen and oxygen atoms in total. The van der Waals surface area contributed by atoms with Gasteiger partial charge in [0.2, 0.25) is 6.79 Å². The number of alkyl halides is 3. The Kier molecular flexibility index (Phi) is 5.75. The summed E-state index contributed by atoms with van der Waals surface area (Å²) in [4.78, 5) is 26.6. The minimum atomic E-state index is -4.60. The number of anilines is 1. The second-order valence-corrected chi connectivity index (χ2v) is 8.93. The maximum absolute atomic E-state index is 13.6. The number of nitrogens with one attached hydrogen (secondary N) is 2. The minimum absolute atomic E-state index is 0.0401. The molecule has 10 heteroatoms. The van der Waals surface area contributed by atoms with Crippen LogP contribution in [0.25, 0.3) is 0 Å². The largest absolute Gasteiger partial charge is 0.454 e. The number of carbonyl (C=O) groups is 2. The molecular formula is C25H20ClF3N2O4. The van der Waals surface area contributed by atoms with E-state index >= 15 is 0 Å². The summed E-state index contributed by atoms with van der Waals surface area (Å²) in [5, 5.41) is 5.66. The van der Waals surface area contributed by atoms with Crippen LogP contribution < -0.4 is 20.1 Å². The van der Waals surface area contributed by atoms with Gasteiger partial charge >= 0.3 is 6.18 Å². The van der Waals surface area contributed by atoms with E-state index in [9.17, 15) is 22.8 Å². The van der Waals surface area contributed by atoms with Crippen molar-refractivity contribution in [2.45, 2.75) is 38.3 Å². The maximum atomic E-state index is 13.6. The van der Waals surface area contributed by atoms with Crippen molar-refractivity contribution in [3.63, 3.8) is 0 Å². The summed E-state index contributed by atoms with van der Waals surface area (Å²) in [6.45, 7) is 1.76. The lowest BCUT2D eigenvalue weighted by atomic mass is 9.75. The quantitative estimate of drug-likeness (QED) is 0.561. The SMILES string of the molecule is CC1=C(C(=O)Nc2cc(C(F)(F)F)ccc2Cl)C(c2ccc3c(c2)OCO3)C2=C(CCCC2=O)N1. The Hall–Kier alpha value is -3.46. The molecule has 2 N–H and O–H groups in total. The number of ether oxygens (including phenoxy) is 2. The molecular weight excluding hydrogens is 485 g/mol. The number of hydrogen-bond acceptors (Lipinski definition) is 5. The van der Waals surface area contributed by atoms with Gasteiger partial charge in [-0.2, -0.15) is 13.2 Å². The second-order valence-electron chi connectivity index (χ2n) is 8.52. The van der Waals surface area contributed by atoms with Gasteiger partial charge in [0, 0.05) is 34.9 Å². The van der Waals surface area contributed by atoms with Crippen molar-refractivity contribution in [3.8, 4) is 11.5 Å². The molecule has 35 heavy (non-hydrogen) atoms. The summed E-state index contributed by atoms with van der Waals surface area (Å²) >= 11 is 6.11. The highest BCUT2D eigenvalue weighted by molar-refractivity contribution is 6.34. The Morgan fingerprint density at radius 2 is 1.89 bits per heavy atom. The first-order valence-electron chi connectivity index (χ1n) is 10.9. The fourth-order valence-electron chi connectivity index (χ4n) is 4.70. The number of rotatable bonds is 3. The van der Waals surface area contributed by atoms with Gasteiger partial charge in [-0.25, -0.2) is 0 Å². The van der Waals surface area contributed by atoms with Gasteiger partial charge in [-0.1, -0.05) is 17.7 Å². The molecule has 2 heterocycles. The third-order valence-corrected chi connectivity index (χ3v) is 6.62. The molecule has 182 valence electrons. The predicted octanol–water partition coefficient (Wildman–Crippen LogP) is 5.69. The predicted molar refractivity (Wildman–Crippen MR) is 122 cm³/mol. The number of fused-ring (bicyclic) bond motifs is 1. The highest BCUT2D eigenvalue weighted by atomic mass is 35.5. The molecule has 2 aliphatic heterocycles. The standard InChI is InChI=1S/C25H20ClF3N2O4/c1-12-21(24(33)31-17-10-14(25(27,28)29)6-7-15(17)26)22(23-16(30-12)3-2-4-18(23)32)13-5-8-19-20(9-13)35-11-34-19/h5-10,22,30H,2-4,11H2,1H3,(H,31,33). The van der Waals surface area contributed by atoms with Gasteiger partial charge in [-0.05, 0) is 55.7 Å². The van der Waals surface area contributed by atoms with E-state index in [2.05, 4.69) is 10.6 Å². The molecule has 3 aliphatic rings. The van der Waals surface area contributed by atoms with Crippen LogP contribution in [-0.4, -0.2) is 18.5 Å². The number of amides is 1. The molecule has 1 amide bonds. The zero-order chi connectivity index (χ0) is 24.9. The summed E-state index contributed by atoms with van der Waals surface area (Å²) in [6, 6.07) is 7.91. The fraction of sp³-hybridized carbons (Fsp3) is 0.280. The van der Waals surface area contributed by atoms with Crippen LogP contribution >= 0.6 is 11.6 Å². The lowest BCUT2D eigenvalue weighted by Crippen LogP contribution is -2.35. The van der Waals surface area contributed by atoms with Crippen molar-refractivity contribution < 1.29 is 32.2 Å². The van der Waals surface area contributed by atoms with Crippen LogP contribution in [0.5, 0.6) is 11.5 Å². The monoisotopic (exact) mass is 504 g/mol. The first kappa shape index (κ1) is 23.3. The van der Waals surface area contributed by atoms with Crippen LogP contribution in [-0.2, 0) is 15.8 Å². The normalized spacial score (nSPS) is 19.5. The fourth-order valence-corrected chi connectivity index (χ4v) is 4.86. The molecule has 0 saturated heterocycles. The molecule has 0 fully saturated rings. The zero-order valence-electron chi connectivity index (χ0n) is 18.5. The Labute approximate surface area is 203 Å². The van der Waals surface area contributed by atoms with E-state index in [4.69, 9.17) is 21.1 Å². The van der Waals surface area contributed by atoms with E-state index in [0.29, 0.717) is 47.6 Å². The molecule has 1 atom stereocenters. The molecule has 0 bridgehead atoms. The Balaban J connectivity index is 1.57. The van der Waals surface area contributed by atoms with E-state index in [1.165, 1.54) is 0 Å². The van der Waals surface area contributed by atoms with Crippen LogP contribution in [0, 0.1) is 0 Å². The number of Topliss-reactive ketones (excluding diaryl/α,β-unsaturated/α-hetero) is 1. The van der Waals surface area contributed by atoms with Crippen molar-refractivity contribution in [1.29, 1.82) is 0 Å². The third kappa shape index (κ3) is 4.25. The van der Waals surface area contributed by atoms with Gasteiger partial charge in [0.25, 0.3) is 5.91 Å². The van der Waals surface area contributed by atoms with E-state index in [0.717, 1.165) is 23.9 Å². The topological polar surface area (TPSA) is 76.7 Å². The van der Waals surface area contributed by atoms with Gasteiger partial charge in [-0.3, -0.25) is 9.59 Å². The van der Waals surface area contributed by atoms with Gasteiger partial charge in [0.05, 0.1) is 16.3 Å². The Morgan fingerprint density at radius 3 is 2.66 bits per heavy atom. The summed E-state index contributed by atoms with van der Waals surface area (Å²) in [6.07, 6.45) is -2.93. The van der Waals surface area contributed by atoms with Crippen molar-refractivity contribution in [1.82, 2.24) is 5.32 Å². The summed E-state index contributed by atoms with van der Waals surface area (Å²) in [7, 11) is 0. The van der Waals surface area contributed by atoms with Gasteiger partial charge in [0.15, 0.2) is 17.3 Å². The minimum Gasteiger partial charge on any atom is -0.454 e. The average molecular weight is 505 g/mol. The van der Waals surface area contributed by atoms with Gasteiger partial charge < -0.3 is 20.1 Å². The van der Waals surface area contributed by atoms with Gasteiger partial charge in [-0.15, -0.1) is 0 Å². The number of ketones is 1. The molecule has 0 aromatic heterocycles. The van der Waals surface area contributed by atoms with Crippen molar-refractivity contribution in [2.24, 2.45) is 0 Å². The number of benzene rings is 2. The lowest BCUT2D eigenvalue weighted by Gasteiger charge is -2.34. The molecule has 5 rings (SSSR count). The number of allylic oxidation sites excluding steroid dienone is 3. The Bertz CT molecular complexity index is 1320. The van der Waals surface area contributed by atoms with E-state index in [1.807, 2.05) is 0 Å². The second kappa shape index (κ2) is 8.64. The van der Waals surface area contributed by atoms with Crippen LogP contribution in [0.3, 0.4) is 0 Å². The number of dihydropyridines is 1. The van der Waals surface area contributed by atoms with Crippen molar-refractivity contribution in [3.05, 3.63) is 75.1 Å². The molecule has 2 aromatic rings. The number of carbonyl (C=O) groups excluding carboxylic acids is 2. The molecule has 1 aliphatic carbocycles. The van der Waals surface area contributed by atoms with Crippen molar-refractivity contribution >= 4 is 29.0 Å². The van der Waals surface area contributed by atoms with E-state index in [1.54, 1.807) is 25.1 Å². The molecule has 0 spiro atoms. The first-order chi connectivity index (χ1) is 16.6. The van der Waals surface area contributed by atoms with Crippen molar-refractivity contribution in [2.75, 3.05) is 12.1 Å². The average Bonchev–Trinajstić information content (AvgIpc) is 3.27. The molecule has 1 unspecified atom stereocenters. The summed E-state index contributed by atoms with van der Waals surface area (Å²) in [5.41, 5.74) is 1.46. The highest BCUT2D eigenvalue weighted by Crippen LogP contribution is 2.45. The highest BCUT2D eigenvalue weighted by Gasteiger charge is 2.39. The smallest absolute Gasteiger partial charge is 0.416 e. The number of halogens is 4. The van der Waals surface area contributed by atoms with Gasteiger partial charge in [0.1, 0.15) is 0 Å². The summed E-state index contributed by atoms with van der Waals surface area (Å²) < 4.78 is 50.6. The summed E-state index contributed by atoms with van der Waals surface area (Å²) in [5.74, 6) is -0.447. The lowest BCUT2D eigenvalue weighted by molar-refractivity contribution is -0.137. The Morgan fingerprint density at radius 1 is 1.11 bits per heavy atom. The van der Waals surface area contributed by atoms with Crippen LogP contribution in [0.1, 0.15) is 43.2 Å². The zero-order valence-corrected chi connectivity index (χ0v) is 19.3. The van der Waals surface area contributed by atoms with E-state index in [-0.39, 0.29) is 28.9 Å². The maximum Gasteiger partial charge on any atom is 0.416 e. The van der Waals surface area contributed by atoms with Crippen LogP contribution in [0.2, 0.25) is 5.02 Å². The third-order valence-electron chi connectivity index (χ3n) is 6.29. The molecule has 0 radical (unpaired) electrons. The first-order valence-corrected chi connectivity index (χ1v) is 11.3. The van der Waals surface area contributed by atoms with Crippen LogP contribution in [0.4, 0.5) is 18.9 Å². The molecule has 2 aromatic carbocycles. The molecule has 0 saturated carbocycles. The number of hydrogen-bond donors (Lipinski definition) is 2. The van der Waals surface area contributed by atoms with E-state index < -0.39 is 23.6 Å².